The molecule has 7 heteroatoms. The smallest absolute Gasteiger partial charge is 0.251 e. The van der Waals surface area contributed by atoms with Gasteiger partial charge in [-0.25, -0.2) is 0 Å². The maximum atomic E-state index is 12.5. The number of rotatable bonds is 6. The Bertz CT molecular complexity index is 786. The summed E-state index contributed by atoms with van der Waals surface area (Å²) in [6, 6.07) is 7.43. The number of hydrogen-bond acceptors (Lipinski definition) is 4. The van der Waals surface area contributed by atoms with Crippen LogP contribution in [0.2, 0.25) is 0 Å². The summed E-state index contributed by atoms with van der Waals surface area (Å²) in [6.45, 7) is 4.18. The number of nitrogens with zero attached hydrogens (tertiary/aromatic N) is 2. The molecule has 2 aromatic rings. The maximum Gasteiger partial charge on any atom is 0.251 e. The lowest BCUT2D eigenvalue weighted by Gasteiger charge is -2.17. The first-order valence-corrected chi connectivity index (χ1v) is 8.86. The van der Waals surface area contributed by atoms with Crippen LogP contribution in [-0.2, 0) is 11.8 Å². The van der Waals surface area contributed by atoms with Crippen LogP contribution < -0.4 is 16.0 Å². The van der Waals surface area contributed by atoms with Gasteiger partial charge in [0.05, 0.1) is 12.1 Å². The van der Waals surface area contributed by atoms with Gasteiger partial charge < -0.3 is 16.0 Å². The van der Waals surface area contributed by atoms with Crippen LogP contribution >= 0.6 is 0 Å². The Hall–Kier alpha value is -2.67. The Morgan fingerprint density at radius 3 is 2.81 bits per heavy atom. The van der Waals surface area contributed by atoms with E-state index in [0.29, 0.717) is 25.2 Å². The third-order valence-corrected chi connectivity index (χ3v) is 4.69. The molecule has 3 rings (SSSR count). The van der Waals surface area contributed by atoms with Crippen LogP contribution in [0.5, 0.6) is 0 Å². The van der Waals surface area contributed by atoms with Crippen LogP contribution in [0.1, 0.15) is 27.4 Å². The first kappa shape index (κ1) is 18.1. The molecule has 1 saturated heterocycles. The maximum absolute atomic E-state index is 12.5. The molecule has 1 aliphatic heterocycles. The summed E-state index contributed by atoms with van der Waals surface area (Å²) in [4.78, 5) is 24.6. The summed E-state index contributed by atoms with van der Waals surface area (Å²) in [5.74, 6) is -0.107. The minimum Gasteiger partial charge on any atom is -0.354 e. The second-order valence-electron chi connectivity index (χ2n) is 6.73. The van der Waals surface area contributed by atoms with Crippen LogP contribution in [0.25, 0.3) is 0 Å². The Morgan fingerprint density at radius 1 is 1.27 bits per heavy atom. The minimum atomic E-state index is -0.126. The van der Waals surface area contributed by atoms with Crippen LogP contribution in [0.4, 0.5) is 0 Å². The molecule has 1 fully saturated rings. The van der Waals surface area contributed by atoms with Gasteiger partial charge in [-0.15, -0.1) is 0 Å². The highest BCUT2D eigenvalue weighted by atomic mass is 16.2. The average Bonchev–Trinajstić information content (AvgIpc) is 3.27. The van der Waals surface area contributed by atoms with E-state index in [1.165, 1.54) is 0 Å². The molecule has 0 unspecified atom stereocenters. The van der Waals surface area contributed by atoms with E-state index in [-0.39, 0.29) is 23.7 Å². The second-order valence-corrected chi connectivity index (χ2v) is 6.73. The molecule has 0 spiro atoms. The lowest BCUT2D eigenvalue weighted by atomic mass is 9.90. The predicted molar refractivity (Wildman–Crippen MR) is 98.8 cm³/mol. The number of carbonyl (C=O) groups excluding carboxylic acids is 2. The first-order chi connectivity index (χ1) is 12.5. The molecule has 3 N–H and O–H groups in total. The summed E-state index contributed by atoms with van der Waals surface area (Å²) >= 11 is 0. The molecule has 1 aromatic heterocycles. The first-order valence-electron chi connectivity index (χ1n) is 8.86. The summed E-state index contributed by atoms with van der Waals surface area (Å²) in [6.07, 6.45) is 3.78. The zero-order valence-electron chi connectivity index (χ0n) is 15.2. The van der Waals surface area contributed by atoms with Gasteiger partial charge in [0.1, 0.15) is 0 Å². The van der Waals surface area contributed by atoms with Gasteiger partial charge in [0.25, 0.3) is 5.91 Å². The van der Waals surface area contributed by atoms with Crippen molar-refractivity contribution in [3.8, 4) is 0 Å². The van der Waals surface area contributed by atoms with Gasteiger partial charge in [-0.1, -0.05) is 17.7 Å². The van der Waals surface area contributed by atoms with Gasteiger partial charge in [-0.05, 0) is 24.6 Å². The molecule has 2 heterocycles. The molecule has 138 valence electrons. The number of amides is 2. The monoisotopic (exact) mass is 355 g/mol. The quantitative estimate of drug-likeness (QED) is 0.662. The summed E-state index contributed by atoms with van der Waals surface area (Å²) in [7, 11) is 1.87. The molecular weight excluding hydrogens is 330 g/mol. The Balaban J connectivity index is 1.46. The van der Waals surface area contributed by atoms with Crippen LogP contribution in [0.3, 0.4) is 0 Å². The van der Waals surface area contributed by atoms with Crippen molar-refractivity contribution in [1.29, 1.82) is 0 Å². The van der Waals surface area contributed by atoms with E-state index < -0.39 is 0 Å². The number of carbonyl (C=O) groups is 2. The van der Waals surface area contributed by atoms with Crippen molar-refractivity contribution in [1.82, 2.24) is 25.7 Å². The molecule has 0 bridgehead atoms. The van der Waals surface area contributed by atoms with E-state index in [1.807, 2.05) is 44.6 Å². The van der Waals surface area contributed by atoms with E-state index in [0.717, 1.165) is 17.7 Å². The van der Waals surface area contributed by atoms with Crippen LogP contribution in [-0.4, -0.2) is 47.8 Å². The van der Waals surface area contributed by atoms with E-state index in [9.17, 15) is 9.59 Å². The minimum absolute atomic E-state index is 0.00802. The topological polar surface area (TPSA) is 88.1 Å². The van der Waals surface area contributed by atoms with E-state index >= 15 is 0 Å². The molecule has 0 saturated carbocycles. The lowest BCUT2D eigenvalue weighted by Crippen LogP contribution is -2.39. The van der Waals surface area contributed by atoms with Gasteiger partial charge in [0.2, 0.25) is 5.91 Å². The molecule has 7 nitrogen and oxygen atoms in total. The number of aryl methyl sites for hydroxylation is 2. The van der Waals surface area contributed by atoms with Crippen molar-refractivity contribution in [2.45, 2.75) is 12.8 Å². The molecular formula is C19H25N5O2. The Labute approximate surface area is 153 Å². The molecule has 2 atom stereocenters. The van der Waals surface area contributed by atoms with Crippen molar-refractivity contribution in [2.24, 2.45) is 13.0 Å². The molecule has 0 radical (unpaired) electrons. The molecule has 1 aromatic carbocycles. The molecule has 26 heavy (non-hydrogen) atoms. The average molecular weight is 355 g/mol. The summed E-state index contributed by atoms with van der Waals surface area (Å²) in [5.41, 5.74) is 2.75. The Kier molecular flexibility index (Phi) is 5.68. The molecule has 0 aliphatic carbocycles. The summed E-state index contributed by atoms with van der Waals surface area (Å²) in [5, 5.41) is 13.2. The van der Waals surface area contributed by atoms with Crippen molar-refractivity contribution in [3.05, 3.63) is 53.3 Å². The number of hydrogen-bond donors (Lipinski definition) is 3. The number of aromatic nitrogens is 2. The number of nitrogens with one attached hydrogen (secondary N) is 3. The van der Waals surface area contributed by atoms with Crippen molar-refractivity contribution in [2.75, 3.05) is 26.2 Å². The van der Waals surface area contributed by atoms with E-state index in [1.54, 1.807) is 10.7 Å². The van der Waals surface area contributed by atoms with Gasteiger partial charge in [-0.2, -0.15) is 5.10 Å². The zero-order valence-corrected chi connectivity index (χ0v) is 15.2. The summed E-state index contributed by atoms with van der Waals surface area (Å²) < 4.78 is 1.75. The largest absolute Gasteiger partial charge is 0.354 e. The number of benzene rings is 1. The molecule has 1 aliphatic rings. The lowest BCUT2D eigenvalue weighted by molar-refractivity contribution is -0.124. The standard InChI is InChI=1S/C19H25N5O2/c1-13-4-3-5-14(8-13)18(25)21-6-7-22-19(26)17-11-20-10-16(17)15-9-23-24(2)12-15/h3-5,8-9,12,16-17,20H,6-7,10-11H2,1-2H3,(H,21,25)(H,22,26)/t16-,17+/m1/s1. The predicted octanol–water partition coefficient (Wildman–Crippen LogP) is 0.578. The van der Waals surface area contributed by atoms with Gasteiger partial charge >= 0.3 is 0 Å². The van der Waals surface area contributed by atoms with Crippen LogP contribution in [0.15, 0.2) is 36.7 Å². The third kappa shape index (κ3) is 4.29. The van der Waals surface area contributed by atoms with E-state index in [2.05, 4.69) is 21.0 Å². The van der Waals surface area contributed by atoms with Crippen molar-refractivity contribution < 1.29 is 9.59 Å². The van der Waals surface area contributed by atoms with Crippen molar-refractivity contribution >= 4 is 11.8 Å². The highest BCUT2D eigenvalue weighted by Gasteiger charge is 2.34. The fourth-order valence-corrected chi connectivity index (χ4v) is 3.32. The van der Waals surface area contributed by atoms with E-state index in [4.69, 9.17) is 0 Å². The second kappa shape index (κ2) is 8.14. The van der Waals surface area contributed by atoms with Crippen LogP contribution in [0, 0.1) is 12.8 Å². The zero-order chi connectivity index (χ0) is 18.5. The normalized spacial score (nSPS) is 19.3. The Morgan fingerprint density at radius 2 is 2.08 bits per heavy atom. The third-order valence-electron chi connectivity index (χ3n) is 4.69. The van der Waals surface area contributed by atoms with Gasteiger partial charge in [0.15, 0.2) is 0 Å². The SMILES string of the molecule is Cc1cccc(C(=O)NCCNC(=O)[C@H]2CNC[C@@H]2c2cnn(C)c2)c1. The van der Waals surface area contributed by atoms with Gasteiger partial charge in [-0.3, -0.25) is 14.3 Å². The van der Waals surface area contributed by atoms with Gasteiger partial charge in [0, 0.05) is 50.9 Å². The molecule has 2 amide bonds. The highest BCUT2D eigenvalue weighted by molar-refractivity contribution is 5.94. The van der Waals surface area contributed by atoms with Crippen molar-refractivity contribution in [3.63, 3.8) is 0 Å². The fourth-order valence-electron chi connectivity index (χ4n) is 3.32. The highest BCUT2D eigenvalue weighted by Crippen LogP contribution is 2.27. The fraction of sp³-hybridized carbons (Fsp3) is 0.421.